The van der Waals surface area contributed by atoms with Crippen LogP contribution in [0, 0.1) is 0 Å². The van der Waals surface area contributed by atoms with Crippen molar-refractivity contribution in [2.24, 2.45) is 0 Å². The Labute approximate surface area is 121 Å². The van der Waals surface area contributed by atoms with Gasteiger partial charge in [0.25, 0.3) is 0 Å². The maximum Gasteiger partial charge on any atom is 0.323 e. The zero-order chi connectivity index (χ0) is 14.7. The molecule has 2 aromatic carbocycles. The fraction of sp³-hybridized carbons (Fsp3) is 0. The lowest BCUT2D eigenvalue weighted by molar-refractivity contribution is 0.262. The number of anilines is 3. The highest BCUT2D eigenvalue weighted by Crippen LogP contribution is 2.21. The highest BCUT2D eigenvalue weighted by atomic mass is 16.2. The number of fused-ring (bicyclic) bond motifs is 1. The molecule has 21 heavy (non-hydrogen) atoms. The van der Waals surface area contributed by atoms with Crippen molar-refractivity contribution in [1.82, 2.24) is 4.98 Å². The Morgan fingerprint density at radius 3 is 2.71 bits per heavy atom. The molecule has 0 spiro atoms. The molecular formula is C16H14N4O. The molecule has 0 saturated carbocycles. The monoisotopic (exact) mass is 278 g/mol. The lowest BCUT2D eigenvalue weighted by Gasteiger charge is -2.10. The van der Waals surface area contributed by atoms with Gasteiger partial charge in [-0.3, -0.25) is 4.98 Å². The molecule has 4 N–H and O–H groups in total. The number of benzene rings is 2. The smallest absolute Gasteiger partial charge is 0.323 e. The van der Waals surface area contributed by atoms with Crippen LogP contribution in [-0.4, -0.2) is 11.0 Å². The number of nitrogens with one attached hydrogen (secondary N) is 2. The molecule has 0 aliphatic heterocycles. The predicted octanol–water partition coefficient (Wildman–Crippen LogP) is 3.46. The fourth-order valence-electron chi connectivity index (χ4n) is 2.11. The van der Waals surface area contributed by atoms with Crippen LogP contribution >= 0.6 is 0 Å². The Bertz CT molecular complexity index is 796. The Hall–Kier alpha value is -3.08. The molecule has 1 aromatic heterocycles. The summed E-state index contributed by atoms with van der Waals surface area (Å²) in [5, 5.41) is 6.46. The fourth-order valence-corrected chi connectivity index (χ4v) is 2.11. The van der Waals surface area contributed by atoms with Crippen LogP contribution in [0.2, 0.25) is 0 Å². The van der Waals surface area contributed by atoms with Crippen LogP contribution in [0.4, 0.5) is 21.9 Å². The van der Waals surface area contributed by atoms with E-state index in [0.717, 1.165) is 10.9 Å². The van der Waals surface area contributed by atoms with Gasteiger partial charge in [0, 0.05) is 23.0 Å². The molecular weight excluding hydrogens is 264 g/mol. The highest BCUT2D eigenvalue weighted by Gasteiger charge is 2.06. The second-order valence-electron chi connectivity index (χ2n) is 4.58. The molecule has 3 aromatic rings. The first-order chi connectivity index (χ1) is 10.2. The van der Waals surface area contributed by atoms with Gasteiger partial charge < -0.3 is 16.4 Å². The van der Waals surface area contributed by atoms with Crippen LogP contribution in [0.25, 0.3) is 10.9 Å². The number of rotatable bonds is 2. The summed E-state index contributed by atoms with van der Waals surface area (Å²) in [7, 11) is 0. The van der Waals surface area contributed by atoms with E-state index in [0.29, 0.717) is 17.1 Å². The predicted molar refractivity (Wildman–Crippen MR) is 85.2 cm³/mol. The Balaban J connectivity index is 1.80. The number of urea groups is 1. The number of hydrogen-bond donors (Lipinski definition) is 3. The van der Waals surface area contributed by atoms with Crippen LogP contribution in [-0.2, 0) is 0 Å². The number of nitrogen functional groups attached to an aromatic ring is 1. The Kier molecular flexibility index (Phi) is 3.39. The van der Waals surface area contributed by atoms with Crippen LogP contribution in [0.3, 0.4) is 0 Å². The number of nitrogens with two attached hydrogens (primary N) is 1. The first kappa shape index (κ1) is 12.9. The van der Waals surface area contributed by atoms with Gasteiger partial charge in [-0.1, -0.05) is 24.3 Å². The molecule has 0 unspecified atom stereocenters. The van der Waals surface area contributed by atoms with Gasteiger partial charge in [0.15, 0.2) is 0 Å². The van der Waals surface area contributed by atoms with Gasteiger partial charge in [-0.25, -0.2) is 4.79 Å². The normalized spacial score (nSPS) is 10.3. The number of carbonyl (C=O) groups excluding carboxylic acids is 1. The molecule has 5 nitrogen and oxygen atoms in total. The topological polar surface area (TPSA) is 80.0 Å². The lowest BCUT2D eigenvalue weighted by atomic mass is 10.2. The summed E-state index contributed by atoms with van der Waals surface area (Å²) in [5.41, 5.74) is 8.47. The molecule has 1 heterocycles. The minimum atomic E-state index is -0.322. The molecule has 0 saturated heterocycles. The molecule has 0 atom stereocenters. The van der Waals surface area contributed by atoms with Crippen molar-refractivity contribution in [1.29, 1.82) is 0 Å². The second-order valence-corrected chi connectivity index (χ2v) is 4.58. The Morgan fingerprint density at radius 1 is 1.00 bits per heavy atom. The molecule has 0 aliphatic rings. The van der Waals surface area contributed by atoms with Crippen LogP contribution in [0.5, 0.6) is 0 Å². The third-order valence-electron chi connectivity index (χ3n) is 3.04. The Morgan fingerprint density at radius 2 is 1.86 bits per heavy atom. The third-order valence-corrected chi connectivity index (χ3v) is 3.04. The van der Waals surface area contributed by atoms with Gasteiger partial charge >= 0.3 is 6.03 Å². The van der Waals surface area contributed by atoms with Gasteiger partial charge in [0.05, 0.1) is 11.2 Å². The van der Waals surface area contributed by atoms with Crippen LogP contribution < -0.4 is 16.4 Å². The number of hydrogen-bond acceptors (Lipinski definition) is 3. The van der Waals surface area contributed by atoms with Gasteiger partial charge in [-0.15, -0.1) is 0 Å². The summed E-state index contributed by atoms with van der Waals surface area (Å²) in [6.45, 7) is 0. The van der Waals surface area contributed by atoms with Gasteiger partial charge in [0.2, 0.25) is 0 Å². The van der Waals surface area contributed by atoms with E-state index < -0.39 is 0 Å². The number of nitrogens with zero attached hydrogens (tertiary/aromatic N) is 1. The zero-order valence-electron chi connectivity index (χ0n) is 11.2. The highest BCUT2D eigenvalue weighted by molar-refractivity contribution is 6.05. The van der Waals surface area contributed by atoms with Gasteiger partial charge in [-0.05, 0) is 30.3 Å². The first-order valence-electron chi connectivity index (χ1n) is 6.50. The van der Waals surface area contributed by atoms with Gasteiger partial charge in [-0.2, -0.15) is 0 Å². The number of carbonyl (C=O) groups is 1. The molecule has 0 fully saturated rings. The summed E-state index contributed by atoms with van der Waals surface area (Å²) in [5.74, 6) is 0. The SMILES string of the molecule is Nc1cccc(NC(=O)Nc2ccnc3ccccc23)c1. The van der Waals surface area contributed by atoms with Crippen molar-refractivity contribution in [2.75, 3.05) is 16.4 Å². The van der Waals surface area contributed by atoms with Crippen LogP contribution in [0.1, 0.15) is 0 Å². The second kappa shape index (κ2) is 5.50. The van der Waals surface area contributed by atoms with E-state index in [4.69, 9.17) is 5.73 Å². The number of amides is 2. The summed E-state index contributed by atoms with van der Waals surface area (Å²) in [6, 6.07) is 16.1. The van der Waals surface area contributed by atoms with Crippen molar-refractivity contribution in [3.05, 3.63) is 60.8 Å². The van der Waals surface area contributed by atoms with E-state index in [9.17, 15) is 4.79 Å². The van der Waals surface area contributed by atoms with E-state index in [-0.39, 0.29) is 6.03 Å². The minimum absolute atomic E-state index is 0.322. The van der Waals surface area contributed by atoms with Crippen molar-refractivity contribution < 1.29 is 4.79 Å². The van der Waals surface area contributed by atoms with E-state index >= 15 is 0 Å². The maximum absolute atomic E-state index is 12.1. The molecule has 0 radical (unpaired) electrons. The maximum atomic E-state index is 12.1. The zero-order valence-corrected chi connectivity index (χ0v) is 11.2. The summed E-state index contributed by atoms with van der Waals surface area (Å²) >= 11 is 0. The molecule has 0 bridgehead atoms. The molecule has 5 heteroatoms. The molecule has 2 amide bonds. The van der Waals surface area contributed by atoms with Crippen molar-refractivity contribution >= 4 is 34.0 Å². The quantitative estimate of drug-likeness (QED) is 0.628. The first-order valence-corrected chi connectivity index (χ1v) is 6.50. The van der Waals surface area contributed by atoms with E-state index in [1.807, 2.05) is 24.3 Å². The van der Waals surface area contributed by atoms with Gasteiger partial charge in [0.1, 0.15) is 0 Å². The summed E-state index contributed by atoms with van der Waals surface area (Å²) in [4.78, 5) is 16.3. The van der Waals surface area contributed by atoms with E-state index in [2.05, 4.69) is 15.6 Å². The van der Waals surface area contributed by atoms with E-state index in [1.165, 1.54) is 0 Å². The summed E-state index contributed by atoms with van der Waals surface area (Å²) < 4.78 is 0. The van der Waals surface area contributed by atoms with Crippen molar-refractivity contribution in [3.8, 4) is 0 Å². The van der Waals surface area contributed by atoms with Crippen LogP contribution in [0.15, 0.2) is 60.8 Å². The molecule has 0 aliphatic carbocycles. The molecule has 3 rings (SSSR count). The number of pyridine rings is 1. The third kappa shape index (κ3) is 2.92. The number of aromatic nitrogens is 1. The summed E-state index contributed by atoms with van der Waals surface area (Å²) in [6.07, 6.45) is 1.67. The largest absolute Gasteiger partial charge is 0.399 e. The molecule has 104 valence electrons. The van der Waals surface area contributed by atoms with Crippen molar-refractivity contribution in [2.45, 2.75) is 0 Å². The standard InChI is InChI=1S/C16H14N4O/c17-11-4-3-5-12(10-11)19-16(21)20-15-8-9-18-14-7-2-1-6-13(14)15/h1-10H,17H2,(H2,18,19,20,21). The van der Waals surface area contributed by atoms with Crippen molar-refractivity contribution in [3.63, 3.8) is 0 Å². The minimum Gasteiger partial charge on any atom is -0.399 e. The number of para-hydroxylation sites is 1. The lowest BCUT2D eigenvalue weighted by Crippen LogP contribution is -2.19. The average molecular weight is 278 g/mol. The average Bonchev–Trinajstić information content (AvgIpc) is 2.47. The van der Waals surface area contributed by atoms with E-state index in [1.54, 1.807) is 36.5 Å².